The van der Waals surface area contributed by atoms with Crippen molar-refractivity contribution in [3.8, 4) is 62.5 Å². The zero-order valence-electron chi connectivity index (χ0n) is 27.8. The molecular formula is C41H40N4O5. The third-order valence-corrected chi connectivity index (χ3v) is 8.89. The molecule has 9 nitrogen and oxygen atoms in total. The van der Waals surface area contributed by atoms with Crippen LogP contribution in [0.15, 0.2) is 109 Å². The fourth-order valence-corrected chi connectivity index (χ4v) is 5.73. The average molecular weight is 669 g/mol. The first-order chi connectivity index (χ1) is 24.7. The summed E-state index contributed by atoms with van der Waals surface area (Å²) in [5, 5.41) is 0. The molecule has 4 aromatic carbocycles. The van der Waals surface area contributed by atoms with Gasteiger partial charge in [-0.25, -0.2) is 9.97 Å². The van der Waals surface area contributed by atoms with E-state index in [0.29, 0.717) is 19.8 Å². The van der Waals surface area contributed by atoms with E-state index in [0.717, 1.165) is 101 Å². The Labute approximate surface area is 291 Å². The molecule has 8 rings (SSSR count). The average Bonchev–Trinajstić information content (AvgIpc) is 4.08. The Bertz CT molecular complexity index is 1810. The number of ether oxygens (including phenoxy) is 5. The second kappa shape index (κ2) is 15.0. The number of hydrogen-bond donors (Lipinski definition) is 2. The zero-order valence-corrected chi connectivity index (χ0v) is 27.8. The van der Waals surface area contributed by atoms with Crippen molar-refractivity contribution < 1.29 is 23.7 Å². The van der Waals surface area contributed by atoms with Gasteiger partial charge in [0.15, 0.2) is 0 Å². The summed E-state index contributed by atoms with van der Waals surface area (Å²) >= 11 is 0. The highest BCUT2D eigenvalue weighted by molar-refractivity contribution is 5.66. The molecule has 0 aliphatic carbocycles. The number of aromatic nitrogens is 4. The van der Waals surface area contributed by atoms with Crippen molar-refractivity contribution in [2.24, 2.45) is 0 Å². The van der Waals surface area contributed by atoms with E-state index in [1.54, 1.807) is 0 Å². The Morgan fingerprint density at radius 3 is 1.44 bits per heavy atom. The van der Waals surface area contributed by atoms with Crippen LogP contribution in [0.25, 0.3) is 45.3 Å². The monoisotopic (exact) mass is 668 g/mol. The Morgan fingerprint density at radius 2 is 0.960 bits per heavy atom. The topological polar surface area (TPSA) is 110 Å². The van der Waals surface area contributed by atoms with Gasteiger partial charge in [0.25, 0.3) is 0 Å². The SMILES string of the molecule is c1cc(-c2ncc(-c3ccc(OCC4CO4)cc3)[nH]2)ccc1CCCCCOc1ccc(-c2cnc(-c3ccc(OCC4CO4)cc3)[nH]2)cc1. The normalized spacial score (nSPS) is 16.2. The van der Waals surface area contributed by atoms with Crippen molar-refractivity contribution in [3.63, 3.8) is 0 Å². The fourth-order valence-electron chi connectivity index (χ4n) is 5.73. The van der Waals surface area contributed by atoms with Gasteiger partial charge in [0.2, 0.25) is 0 Å². The summed E-state index contributed by atoms with van der Waals surface area (Å²) in [7, 11) is 0. The van der Waals surface area contributed by atoms with Crippen molar-refractivity contribution in [3.05, 3.63) is 115 Å². The van der Waals surface area contributed by atoms with Crippen LogP contribution >= 0.6 is 0 Å². The van der Waals surface area contributed by atoms with E-state index in [2.05, 4.69) is 56.3 Å². The number of aromatic amines is 2. The van der Waals surface area contributed by atoms with Crippen molar-refractivity contribution in [1.29, 1.82) is 0 Å². The molecular weight excluding hydrogens is 628 g/mol. The molecule has 2 unspecified atom stereocenters. The third-order valence-electron chi connectivity index (χ3n) is 8.89. The number of nitrogens with one attached hydrogen (secondary N) is 2. The zero-order chi connectivity index (χ0) is 33.5. The predicted molar refractivity (Wildman–Crippen MR) is 192 cm³/mol. The maximum Gasteiger partial charge on any atom is 0.137 e. The molecule has 2 atom stereocenters. The van der Waals surface area contributed by atoms with E-state index < -0.39 is 0 Å². The molecule has 0 spiro atoms. The van der Waals surface area contributed by atoms with Gasteiger partial charge in [0.05, 0.1) is 43.6 Å². The van der Waals surface area contributed by atoms with Gasteiger partial charge in [-0.1, -0.05) is 24.3 Å². The molecule has 2 aromatic heterocycles. The second-order valence-corrected chi connectivity index (χ2v) is 12.8. The smallest absolute Gasteiger partial charge is 0.137 e. The van der Waals surface area contributed by atoms with Crippen LogP contribution < -0.4 is 14.2 Å². The Balaban J connectivity index is 0.741. The lowest BCUT2D eigenvalue weighted by Gasteiger charge is -2.07. The molecule has 2 aliphatic rings. The van der Waals surface area contributed by atoms with E-state index in [1.165, 1.54) is 5.56 Å². The first-order valence-electron chi connectivity index (χ1n) is 17.3. The molecule has 2 saturated heterocycles. The number of hydrogen-bond acceptors (Lipinski definition) is 7. The van der Waals surface area contributed by atoms with Gasteiger partial charge in [0, 0.05) is 11.1 Å². The highest BCUT2D eigenvalue weighted by Gasteiger charge is 2.23. The molecule has 9 heteroatoms. The standard InChI is InChI=1S/C41H40N4O5/c1(2-4-28-5-7-31(8-6-28)40-42-22-39(44-40)30-11-17-34(18-12-30)47-24-36-26-49-36)3-21-46-33-15-9-29(10-16-33)38-23-43-41(45-38)32-13-19-35(20-14-32)48-25-37-27-50-37/h5-20,22-23,36-37H,1-4,21,24-27H2,(H,42,44)(H,43,45). The van der Waals surface area contributed by atoms with Crippen LogP contribution in [0.5, 0.6) is 17.2 Å². The van der Waals surface area contributed by atoms with E-state index in [1.807, 2.05) is 73.1 Å². The molecule has 50 heavy (non-hydrogen) atoms. The molecule has 0 amide bonds. The highest BCUT2D eigenvalue weighted by Crippen LogP contribution is 2.27. The van der Waals surface area contributed by atoms with E-state index >= 15 is 0 Å². The number of H-pyrrole nitrogens is 2. The number of nitrogens with zero attached hydrogens (tertiary/aromatic N) is 2. The second-order valence-electron chi connectivity index (χ2n) is 12.8. The van der Waals surface area contributed by atoms with Gasteiger partial charge in [-0.2, -0.15) is 0 Å². The summed E-state index contributed by atoms with van der Waals surface area (Å²) < 4.78 is 27.9. The lowest BCUT2D eigenvalue weighted by molar-refractivity contribution is 0.263. The molecule has 4 heterocycles. The number of epoxide rings is 2. The maximum absolute atomic E-state index is 6.03. The van der Waals surface area contributed by atoms with Gasteiger partial charge >= 0.3 is 0 Å². The Hall–Kier alpha value is -5.38. The largest absolute Gasteiger partial charge is 0.494 e. The minimum atomic E-state index is 0.245. The van der Waals surface area contributed by atoms with Crippen molar-refractivity contribution >= 4 is 0 Å². The predicted octanol–water partition coefficient (Wildman–Crippen LogP) is 8.15. The summed E-state index contributed by atoms with van der Waals surface area (Å²) in [5.74, 6) is 4.25. The molecule has 2 fully saturated rings. The van der Waals surface area contributed by atoms with Crippen LogP contribution in [-0.2, 0) is 15.9 Å². The summed E-state index contributed by atoms with van der Waals surface area (Å²) in [6, 6.07) is 32.9. The lowest BCUT2D eigenvalue weighted by Crippen LogP contribution is -2.03. The first kappa shape index (κ1) is 31.9. The van der Waals surface area contributed by atoms with Gasteiger partial charge in [-0.15, -0.1) is 0 Å². The van der Waals surface area contributed by atoms with Crippen LogP contribution in [0.3, 0.4) is 0 Å². The Morgan fingerprint density at radius 1 is 0.520 bits per heavy atom. The molecule has 254 valence electrons. The van der Waals surface area contributed by atoms with Crippen LogP contribution in [0.2, 0.25) is 0 Å². The Kier molecular flexibility index (Phi) is 9.57. The van der Waals surface area contributed by atoms with Crippen molar-refractivity contribution in [2.45, 2.75) is 37.9 Å². The molecule has 0 bridgehead atoms. The summed E-state index contributed by atoms with van der Waals surface area (Å²) in [6.07, 6.45) is 8.53. The molecule has 2 N–H and O–H groups in total. The fraction of sp³-hybridized carbons (Fsp3) is 0.268. The van der Waals surface area contributed by atoms with Crippen LogP contribution in [0.4, 0.5) is 0 Å². The molecule has 0 saturated carbocycles. The van der Waals surface area contributed by atoms with Crippen LogP contribution in [0, 0.1) is 0 Å². The lowest BCUT2D eigenvalue weighted by atomic mass is 10.1. The minimum Gasteiger partial charge on any atom is -0.494 e. The number of aryl methyl sites for hydroxylation is 1. The number of rotatable bonds is 17. The minimum absolute atomic E-state index is 0.245. The number of unbranched alkanes of at least 4 members (excludes halogenated alkanes) is 2. The maximum atomic E-state index is 6.03. The first-order valence-corrected chi connectivity index (χ1v) is 17.3. The molecule has 6 aromatic rings. The van der Waals surface area contributed by atoms with Gasteiger partial charge in [-0.3, -0.25) is 0 Å². The van der Waals surface area contributed by atoms with Gasteiger partial charge in [0.1, 0.15) is 54.3 Å². The van der Waals surface area contributed by atoms with E-state index in [4.69, 9.17) is 23.7 Å². The van der Waals surface area contributed by atoms with Gasteiger partial charge in [-0.05, 0) is 115 Å². The third kappa shape index (κ3) is 8.42. The van der Waals surface area contributed by atoms with Crippen LogP contribution in [-0.4, -0.2) is 65.2 Å². The molecule has 2 aliphatic heterocycles. The summed E-state index contributed by atoms with van der Waals surface area (Å²) in [4.78, 5) is 16.1. The quantitative estimate of drug-likeness (QED) is 0.0746. The number of imidazole rings is 2. The number of benzene rings is 4. The van der Waals surface area contributed by atoms with Crippen molar-refractivity contribution in [1.82, 2.24) is 19.9 Å². The summed E-state index contributed by atoms with van der Waals surface area (Å²) in [6.45, 7) is 3.49. The van der Waals surface area contributed by atoms with E-state index in [9.17, 15) is 0 Å². The van der Waals surface area contributed by atoms with Gasteiger partial charge < -0.3 is 33.7 Å². The van der Waals surface area contributed by atoms with Crippen molar-refractivity contribution in [2.75, 3.05) is 33.0 Å². The molecule has 0 radical (unpaired) electrons. The van der Waals surface area contributed by atoms with Crippen LogP contribution in [0.1, 0.15) is 24.8 Å². The summed E-state index contributed by atoms with van der Waals surface area (Å²) in [5.41, 5.74) is 7.50. The highest BCUT2D eigenvalue weighted by atomic mass is 16.6. The van der Waals surface area contributed by atoms with E-state index in [-0.39, 0.29) is 12.2 Å².